The molecule has 4 heteroatoms. The summed E-state index contributed by atoms with van der Waals surface area (Å²) in [5.41, 5.74) is 0.389. The lowest BCUT2D eigenvalue weighted by atomic mass is 10.1. The monoisotopic (exact) mass is 291 g/mol. The lowest BCUT2D eigenvalue weighted by Gasteiger charge is -2.26. The molecule has 0 unspecified atom stereocenters. The Bertz CT molecular complexity index is 467. The van der Waals surface area contributed by atoms with Crippen molar-refractivity contribution in [2.24, 2.45) is 0 Å². The van der Waals surface area contributed by atoms with Crippen molar-refractivity contribution in [2.45, 2.75) is 39.0 Å². The number of likely N-dealkylation sites (tertiary alicyclic amines) is 1. The number of phenolic OH excluding ortho intramolecular Hbond substituents is 1. The van der Waals surface area contributed by atoms with Crippen molar-refractivity contribution in [3.63, 3.8) is 0 Å². The number of ether oxygens (including phenoxy) is 1. The molecule has 0 aliphatic carbocycles. The zero-order chi connectivity index (χ0) is 15.1. The third kappa shape index (κ3) is 4.74. The Kier molecular flexibility index (Phi) is 6.05. The van der Waals surface area contributed by atoms with Gasteiger partial charge in [-0.15, -0.1) is 0 Å². The minimum Gasteiger partial charge on any atom is -0.507 e. The largest absolute Gasteiger partial charge is 0.507 e. The number of ketones is 1. The van der Waals surface area contributed by atoms with Crippen LogP contribution in [0.1, 0.15) is 49.4 Å². The summed E-state index contributed by atoms with van der Waals surface area (Å²) < 4.78 is 5.67. The van der Waals surface area contributed by atoms with E-state index < -0.39 is 0 Å². The fourth-order valence-electron chi connectivity index (χ4n) is 2.67. The Balaban J connectivity index is 1.83. The first-order chi connectivity index (χ1) is 10.2. The van der Waals surface area contributed by atoms with Gasteiger partial charge in [0.05, 0.1) is 5.56 Å². The molecule has 116 valence electrons. The molecule has 1 aromatic carbocycles. The van der Waals surface area contributed by atoms with E-state index in [4.69, 9.17) is 4.74 Å². The average molecular weight is 291 g/mol. The van der Waals surface area contributed by atoms with Gasteiger partial charge in [-0.1, -0.05) is 13.3 Å². The van der Waals surface area contributed by atoms with Crippen molar-refractivity contribution in [1.29, 1.82) is 0 Å². The molecule has 0 aromatic heterocycles. The molecule has 0 spiro atoms. The Morgan fingerprint density at radius 2 is 2.05 bits per heavy atom. The van der Waals surface area contributed by atoms with Gasteiger partial charge in [0.2, 0.25) is 0 Å². The minimum absolute atomic E-state index is 0.0175. The Hall–Kier alpha value is -1.55. The highest BCUT2D eigenvalue weighted by molar-refractivity contribution is 5.98. The number of phenols is 1. The average Bonchev–Trinajstić information content (AvgIpc) is 2.48. The topological polar surface area (TPSA) is 49.8 Å². The number of hydrogen-bond acceptors (Lipinski definition) is 4. The number of hydrogen-bond donors (Lipinski definition) is 1. The van der Waals surface area contributed by atoms with Crippen LogP contribution >= 0.6 is 0 Å². The summed E-state index contributed by atoms with van der Waals surface area (Å²) >= 11 is 0. The lowest BCUT2D eigenvalue weighted by molar-refractivity contribution is 0.0979. The molecule has 1 aliphatic heterocycles. The van der Waals surface area contributed by atoms with Gasteiger partial charge in [-0.05, 0) is 44.5 Å². The lowest BCUT2D eigenvalue weighted by Crippen LogP contribution is -2.33. The molecule has 0 atom stereocenters. The van der Waals surface area contributed by atoms with E-state index in [1.165, 1.54) is 19.3 Å². The third-order valence-corrected chi connectivity index (χ3v) is 3.87. The van der Waals surface area contributed by atoms with Gasteiger partial charge in [0.15, 0.2) is 5.78 Å². The van der Waals surface area contributed by atoms with Crippen LogP contribution in [0.25, 0.3) is 0 Å². The Morgan fingerprint density at radius 1 is 1.29 bits per heavy atom. The molecule has 1 aromatic rings. The van der Waals surface area contributed by atoms with E-state index in [2.05, 4.69) is 4.90 Å². The molecule has 1 fully saturated rings. The molecule has 2 rings (SSSR count). The van der Waals surface area contributed by atoms with Crippen LogP contribution in [0.5, 0.6) is 11.5 Å². The second-order valence-corrected chi connectivity index (χ2v) is 5.60. The molecule has 0 radical (unpaired) electrons. The van der Waals surface area contributed by atoms with Crippen LogP contribution in [-0.4, -0.2) is 42.0 Å². The van der Waals surface area contributed by atoms with Crippen LogP contribution in [0, 0.1) is 0 Å². The summed E-state index contributed by atoms with van der Waals surface area (Å²) in [6.07, 6.45) is 5.12. The number of Topliss-reactive ketones (excluding diaryl/α,β-unsaturated/α-hetero) is 1. The summed E-state index contributed by atoms with van der Waals surface area (Å²) in [5.74, 6) is 0.622. The zero-order valence-electron chi connectivity index (χ0n) is 12.8. The number of carbonyl (C=O) groups is 1. The van der Waals surface area contributed by atoms with Gasteiger partial charge in [-0.2, -0.15) is 0 Å². The first-order valence-corrected chi connectivity index (χ1v) is 7.92. The quantitative estimate of drug-likeness (QED) is 0.784. The molecule has 0 amide bonds. The molecule has 0 saturated carbocycles. The maximum absolute atomic E-state index is 11.8. The van der Waals surface area contributed by atoms with Gasteiger partial charge >= 0.3 is 0 Å². The standard InChI is InChI=1S/C17H25NO3/c1-2-6-16(19)15-8-7-14(13-17(15)20)21-12-11-18-9-4-3-5-10-18/h7-8,13,20H,2-6,9-12H2,1H3. The maximum atomic E-state index is 11.8. The molecule has 4 nitrogen and oxygen atoms in total. The van der Waals surface area contributed by atoms with E-state index in [0.717, 1.165) is 26.1 Å². The number of nitrogens with zero attached hydrogens (tertiary/aromatic N) is 1. The predicted molar refractivity (Wildman–Crippen MR) is 83.1 cm³/mol. The van der Waals surface area contributed by atoms with E-state index in [9.17, 15) is 9.90 Å². The molecule has 1 heterocycles. The maximum Gasteiger partial charge on any atom is 0.166 e. The number of aromatic hydroxyl groups is 1. The number of carbonyl (C=O) groups excluding carboxylic acids is 1. The highest BCUT2D eigenvalue weighted by Crippen LogP contribution is 2.25. The van der Waals surface area contributed by atoms with Gasteiger partial charge in [0.25, 0.3) is 0 Å². The number of piperidine rings is 1. The van der Waals surface area contributed by atoms with Crippen LogP contribution in [0.3, 0.4) is 0 Å². The van der Waals surface area contributed by atoms with Crippen molar-refractivity contribution in [1.82, 2.24) is 4.90 Å². The normalized spacial score (nSPS) is 15.9. The molecule has 0 bridgehead atoms. The second-order valence-electron chi connectivity index (χ2n) is 5.60. The molecule has 1 N–H and O–H groups in total. The van der Waals surface area contributed by atoms with Crippen molar-refractivity contribution >= 4 is 5.78 Å². The van der Waals surface area contributed by atoms with Crippen LogP contribution < -0.4 is 4.74 Å². The highest BCUT2D eigenvalue weighted by Gasteiger charge is 2.12. The van der Waals surface area contributed by atoms with Crippen LogP contribution in [-0.2, 0) is 0 Å². The summed E-state index contributed by atoms with van der Waals surface area (Å²) in [7, 11) is 0. The molecule has 1 saturated heterocycles. The molecule has 1 aliphatic rings. The zero-order valence-corrected chi connectivity index (χ0v) is 12.8. The molecular formula is C17H25NO3. The number of benzene rings is 1. The predicted octanol–water partition coefficient (Wildman–Crippen LogP) is 3.24. The fraction of sp³-hybridized carbons (Fsp3) is 0.588. The van der Waals surface area contributed by atoms with Gasteiger partial charge in [-0.3, -0.25) is 9.69 Å². The van der Waals surface area contributed by atoms with Gasteiger partial charge < -0.3 is 9.84 Å². The summed E-state index contributed by atoms with van der Waals surface area (Å²) in [5, 5.41) is 9.93. The third-order valence-electron chi connectivity index (χ3n) is 3.87. The van der Waals surface area contributed by atoms with Crippen molar-refractivity contribution in [2.75, 3.05) is 26.2 Å². The smallest absolute Gasteiger partial charge is 0.166 e. The van der Waals surface area contributed by atoms with Crippen LogP contribution in [0.2, 0.25) is 0 Å². The summed E-state index contributed by atoms with van der Waals surface area (Å²) in [6, 6.07) is 4.96. The van der Waals surface area contributed by atoms with Crippen molar-refractivity contribution in [3.8, 4) is 11.5 Å². The van der Waals surface area contributed by atoms with E-state index >= 15 is 0 Å². The van der Waals surface area contributed by atoms with Gasteiger partial charge in [0, 0.05) is 19.0 Å². The fourth-order valence-corrected chi connectivity index (χ4v) is 2.67. The Morgan fingerprint density at radius 3 is 2.71 bits per heavy atom. The molecular weight excluding hydrogens is 266 g/mol. The highest BCUT2D eigenvalue weighted by atomic mass is 16.5. The minimum atomic E-state index is -0.0186. The second kappa shape index (κ2) is 8.03. The van der Waals surface area contributed by atoms with Crippen LogP contribution in [0.4, 0.5) is 0 Å². The summed E-state index contributed by atoms with van der Waals surface area (Å²) in [6.45, 7) is 5.78. The first kappa shape index (κ1) is 15.8. The van der Waals surface area contributed by atoms with Crippen molar-refractivity contribution in [3.05, 3.63) is 23.8 Å². The van der Waals surface area contributed by atoms with E-state index in [0.29, 0.717) is 24.3 Å². The molecule has 21 heavy (non-hydrogen) atoms. The van der Waals surface area contributed by atoms with Crippen molar-refractivity contribution < 1.29 is 14.6 Å². The van der Waals surface area contributed by atoms with Gasteiger partial charge in [-0.25, -0.2) is 0 Å². The van der Waals surface area contributed by atoms with Crippen LogP contribution in [0.15, 0.2) is 18.2 Å². The van der Waals surface area contributed by atoms with E-state index in [1.54, 1.807) is 18.2 Å². The Labute approximate surface area is 126 Å². The SMILES string of the molecule is CCCC(=O)c1ccc(OCCN2CCCCC2)cc1O. The first-order valence-electron chi connectivity index (χ1n) is 7.92. The van der Waals surface area contributed by atoms with Gasteiger partial charge in [0.1, 0.15) is 18.1 Å². The van der Waals surface area contributed by atoms with E-state index in [1.807, 2.05) is 6.92 Å². The van der Waals surface area contributed by atoms with E-state index in [-0.39, 0.29) is 11.5 Å². The summed E-state index contributed by atoms with van der Waals surface area (Å²) in [4.78, 5) is 14.2. The number of rotatable bonds is 7.